The molecule has 0 atom stereocenters. The van der Waals surface area contributed by atoms with Crippen LogP contribution in [-0.2, 0) is 16.4 Å². The topological polar surface area (TPSA) is 72.0 Å². The maximum absolute atomic E-state index is 12.1. The molecule has 0 unspecified atom stereocenters. The van der Waals surface area contributed by atoms with Gasteiger partial charge < -0.3 is 0 Å². The zero-order chi connectivity index (χ0) is 13.9. The Morgan fingerprint density at radius 2 is 1.84 bits per heavy atom. The van der Waals surface area contributed by atoms with Crippen molar-refractivity contribution in [2.45, 2.75) is 25.2 Å². The molecule has 0 saturated heterocycles. The van der Waals surface area contributed by atoms with Gasteiger partial charge in [0.05, 0.1) is 4.90 Å². The van der Waals surface area contributed by atoms with Crippen molar-refractivity contribution in [1.29, 1.82) is 0 Å². The van der Waals surface area contributed by atoms with Gasteiger partial charge >= 0.3 is 0 Å². The van der Waals surface area contributed by atoms with Crippen LogP contribution in [-0.4, -0.2) is 18.4 Å². The molecule has 1 heterocycles. The first kappa shape index (κ1) is 13.5. The standard InChI is InChI=1S/C13H15N3O2S/c1-3-11-4-6-12(7-5-11)19(17,18)16-13-14-9-8-10(2)15-13/h4-9H,3H2,1-2H3,(H,14,15,16). The number of nitrogens with zero attached hydrogens (tertiary/aromatic N) is 2. The van der Waals surface area contributed by atoms with Gasteiger partial charge in [-0.05, 0) is 37.1 Å². The van der Waals surface area contributed by atoms with Crippen LogP contribution in [0.5, 0.6) is 0 Å². The lowest BCUT2D eigenvalue weighted by molar-refractivity contribution is 0.600. The molecule has 0 aliphatic heterocycles. The van der Waals surface area contributed by atoms with Crippen molar-refractivity contribution in [3.63, 3.8) is 0 Å². The Balaban J connectivity index is 2.27. The quantitative estimate of drug-likeness (QED) is 0.929. The second-order valence-electron chi connectivity index (χ2n) is 4.12. The van der Waals surface area contributed by atoms with E-state index in [4.69, 9.17) is 0 Å². The normalized spacial score (nSPS) is 11.3. The minimum absolute atomic E-state index is 0.0829. The van der Waals surface area contributed by atoms with E-state index in [9.17, 15) is 8.42 Å². The summed E-state index contributed by atoms with van der Waals surface area (Å²) in [7, 11) is -3.63. The van der Waals surface area contributed by atoms with Crippen LogP contribution < -0.4 is 4.72 Å². The summed E-state index contributed by atoms with van der Waals surface area (Å²) in [4.78, 5) is 8.10. The molecule has 0 aliphatic carbocycles. The lowest BCUT2D eigenvalue weighted by Gasteiger charge is -2.07. The summed E-state index contributed by atoms with van der Waals surface area (Å²) in [6.07, 6.45) is 2.38. The van der Waals surface area contributed by atoms with E-state index in [2.05, 4.69) is 14.7 Å². The Bertz CT molecular complexity index is 667. The first-order valence-corrected chi connectivity index (χ1v) is 7.41. The average Bonchev–Trinajstić information content (AvgIpc) is 2.38. The van der Waals surface area contributed by atoms with Gasteiger partial charge in [-0.25, -0.2) is 23.1 Å². The molecule has 1 N–H and O–H groups in total. The van der Waals surface area contributed by atoms with E-state index in [0.29, 0.717) is 5.69 Å². The molecule has 0 radical (unpaired) electrons. The van der Waals surface area contributed by atoms with Gasteiger partial charge in [-0.15, -0.1) is 0 Å². The molecule has 5 nitrogen and oxygen atoms in total. The molecule has 0 aliphatic rings. The number of anilines is 1. The molecule has 0 bridgehead atoms. The zero-order valence-electron chi connectivity index (χ0n) is 10.8. The van der Waals surface area contributed by atoms with Crippen LogP contribution in [0.2, 0.25) is 0 Å². The van der Waals surface area contributed by atoms with Crippen LogP contribution >= 0.6 is 0 Å². The minimum atomic E-state index is -3.63. The van der Waals surface area contributed by atoms with Crippen molar-refractivity contribution in [3.8, 4) is 0 Å². The highest BCUT2D eigenvalue weighted by molar-refractivity contribution is 7.92. The maximum atomic E-state index is 12.1. The molecule has 2 aromatic rings. The molecular weight excluding hydrogens is 262 g/mol. The van der Waals surface area contributed by atoms with Crippen LogP contribution in [0.25, 0.3) is 0 Å². The van der Waals surface area contributed by atoms with Gasteiger partial charge in [0.25, 0.3) is 10.0 Å². The molecule has 6 heteroatoms. The van der Waals surface area contributed by atoms with Gasteiger partial charge in [0, 0.05) is 11.9 Å². The summed E-state index contributed by atoms with van der Waals surface area (Å²) in [6, 6.07) is 8.46. The van der Waals surface area contributed by atoms with Gasteiger partial charge in [0.2, 0.25) is 5.95 Å². The van der Waals surface area contributed by atoms with Crippen molar-refractivity contribution >= 4 is 16.0 Å². The smallest absolute Gasteiger partial charge is 0.247 e. The SMILES string of the molecule is CCc1ccc(S(=O)(=O)Nc2nccc(C)n2)cc1. The van der Waals surface area contributed by atoms with Crippen molar-refractivity contribution < 1.29 is 8.42 Å². The number of hydrogen-bond donors (Lipinski definition) is 1. The highest BCUT2D eigenvalue weighted by atomic mass is 32.2. The molecule has 1 aromatic heterocycles. The lowest BCUT2D eigenvalue weighted by Crippen LogP contribution is -2.15. The van der Waals surface area contributed by atoms with Crippen molar-refractivity contribution in [3.05, 3.63) is 47.8 Å². The molecule has 100 valence electrons. The van der Waals surface area contributed by atoms with Crippen LogP contribution in [0.3, 0.4) is 0 Å². The fraction of sp³-hybridized carbons (Fsp3) is 0.231. The highest BCUT2D eigenvalue weighted by Gasteiger charge is 2.15. The zero-order valence-corrected chi connectivity index (χ0v) is 11.6. The first-order valence-electron chi connectivity index (χ1n) is 5.92. The van der Waals surface area contributed by atoms with E-state index in [1.807, 2.05) is 6.92 Å². The van der Waals surface area contributed by atoms with E-state index in [1.165, 1.54) is 6.20 Å². The summed E-state index contributed by atoms with van der Waals surface area (Å²) in [5.74, 6) is 0.0829. The van der Waals surface area contributed by atoms with E-state index >= 15 is 0 Å². The van der Waals surface area contributed by atoms with E-state index in [-0.39, 0.29) is 10.8 Å². The number of benzene rings is 1. The average molecular weight is 277 g/mol. The summed E-state index contributed by atoms with van der Waals surface area (Å²) in [5, 5.41) is 0. The number of rotatable bonds is 4. The van der Waals surface area contributed by atoms with Gasteiger partial charge in [-0.2, -0.15) is 0 Å². The molecular formula is C13H15N3O2S. The van der Waals surface area contributed by atoms with Crippen LogP contribution in [0.4, 0.5) is 5.95 Å². The number of aryl methyl sites for hydroxylation is 2. The Morgan fingerprint density at radius 1 is 1.16 bits per heavy atom. The Labute approximate surface area is 112 Å². The molecule has 2 rings (SSSR count). The Morgan fingerprint density at radius 3 is 2.42 bits per heavy atom. The number of sulfonamides is 1. The minimum Gasteiger partial charge on any atom is -0.247 e. The molecule has 0 saturated carbocycles. The first-order chi connectivity index (χ1) is 9.01. The predicted molar refractivity (Wildman–Crippen MR) is 73.4 cm³/mol. The third kappa shape index (κ3) is 3.29. The monoisotopic (exact) mass is 277 g/mol. The number of hydrogen-bond acceptors (Lipinski definition) is 4. The third-order valence-electron chi connectivity index (χ3n) is 2.66. The van der Waals surface area contributed by atoms with Crippen LogP contribution in [0, 0.1) is 6.92 Å². The second-order valence-corrected chi connectivity index (χ2v) is 5.81. The maximum Gasteiger partial charge on any atom is 0.264 e. The van der Waals surface area contributed by atoms with Gasteiger partial charge in [0.1, 0.15) is 0 Å². The fourth-order valence-electron chi connectivity index (χ4n) is 1.58. The van der Waals surface area contributed by atoms with Gasteiger partial charge in [0.15, 0.2) is 0 Å². The molecule has 0 fully saturated rings. The predicted octanol–water partition coefficient (Wildman–Crippen LogP) is 2.15. The summed E-state index contributed by atoms with van der Waals surface area (Å²) in [5.41, 5.74) is 1.79. The number of aromatic nitrogens is 2. The van der Waals surface area contributed by atoms with Crippen LogP contribution in [0.15, 0.2) is 41.4 Å². The van der Waals surface area contributed by atoms with Crippen molar-refractivity contribution in [1.82, 2.24) is 9.97 Å². The van der Waals surface area contributed by atoms with Crippen molar-refractivity contribution in [2.75, 3.05) is 4.72 Å². The highest BCUT2D eigenvalue weighted by Crippen LogP contribution is 2.14. The fourth-order valence-corrected chi connectivity index (χ4v) is 2.53. The Kier molecular flexibility index (Phi) is 3.80. The molecule has 19 heavy (non-hydrogen) atoms. The summed E-state index contributed by atoms with van der Waals surface area (Å²) >= 11 is 0. The van der Waals surface area contributed by atoms with E-state index in [0.717, 1.165) is 12.0 Å². The largest absolute Gasteiger partial charge is 0.264 e. The number of nitrogens with one attached hydrogen (secondary N) is 1. The summed E-state index contributed by atoms with van der Waals surface area (Å²) in [6.45, 7) is 3.79. The van der Waals surface area contributed by atoms with Crippen LogP contribution in [0.1, 0.15) is 18.2 Å². The Hall–Kier alpha value is -1.95. The molecule has 0 spiro atoms. The molecule has 1 aromatic carbocycles. The van der Waals surface area contributed by atoms with E-state index in [1.54, 1.807) is 37.3 Å². The van der Waals surface area contributed by atoms with Gasteiger partial charge in [-0.3, -0.25) is 0 Å². The lowest BCUT2D eigenvalue weighted by atomic mass is 10.2. The van der Waals surface area contributed by atoms with Crippen molar-refractivity contribution in [2.24, 2.45) is 0 Å². The summed E-state index contributed by atoms with van der Waals surface area (Å²) < 4.78 is 26.6. The van der Waals surface area contributed by atoms with E-state index < -0.39 is 10.0 Å². The second kappa shape index (κ2) is 5.36. The third-order valence-corrected chi connectivity index (χ3v) is 4.01. The molecule has 0 amide bonds. The van der Waals surface area contributed by atoms with Gasteiger partial charge in [-0.1, -0.05) is 19.1 Å².